The van der Waals surface area contributed by atoms with Gasteiger partial charge in [-0.15, -0.1) is 0 Å². The minimum absolute atomic E-state index is 0.120. The number of ether oxygens (including phenoxy) is 2. The third-order valence-corrected chi connectivity index (χ3v) is 2.76. The van der Waals surface area contributed by atoms with Crippen LogP contribution in [0.4, 0.5) is 0 Å². The summed E-state index contributed by atoms with van der Waals surface area (Å²) in [5.74, 6) is 0.593. The molecule has 1 unspecified atom stereocenters. The molecule has 1 saturated heterocycles. The minimum atomic E-state index is -0.447. The Balaban J connectivity index is 2.14. The molecule has 3 heteroatoms. The summed E-state index contributed by atoms with van der Waals surface area (Å²) in [5, 5.41) is 9.21. The fraction of sp³-hybridized carbons (Fsp3) is 0.846. The van der Waals surface area contributed by atoms with Gasteiger partial charge in [0.05, 0.1) is 13.2 Å². The molecule has 1 aliphatic rings. The molecule has 0 amide bonds. The third kappa shape index (κ3) is 5.64. The Hall–Kier alpha value is -0.380. The quantitative estimate of drug-likeness (QED) is 0.735. The number of rotatable bonds is 5. The molecule has 0 radical (unpaired) electrons. The molecule has 3 nitrogen and oxygen atoms in total. The van der Waals surface area contributed by atoms with Gasteiger partial charge in [-0.1, -0.05) is 18.6 Å². The van der Waals surface area contributed by atoms with Crippen LogP contribution in [0.5, 0.6) is 0 Å². The zero-order chi connectivity index (χ0) is 12.0. The number of aliphatic hydroxyl groups is 1. The van der Waals surface area contributed by atoms with Crippen molar-refractivity contribution in [3.05, 3.63) is 11.6 Å². The molecular weight excluding hydrogens is 204 g/mol. The van der Waals surface area contributed by atoms with Crippen molar-refractivity contribution in [1.29, 1.82) is 0 Å². The zero-order valence-electron chi connectivity index (χ0n) is 10.6. The van der Waals surface area contributed by atoms with Gasteiger partial charge in [0.2, 0.25) is 0 Å². The van der Waals surface area contributed by atoms with E-state index in [2.05, 4.69) is 26.8 Å². The highest BCUT2D eigenvalue weighted by Gasteiger charge is 2.21. The lowest BCUT2D eigenvalue weighted by Crippen LogP contribution is -2.36. The van der Waals surface area contributed by atoms with Crippen molar-refractivity contribution in [3.8, 4) is 0 Å². The number of aliphatic hydroxyl groups excluding tert-OH is 1. The van der Waals surface area contributed by atoms with E-state index in [1.807, 2.05) is 0 Å². The maximum Gasteiger partial charge on any atom is 0.158 e. The molecule has 1 heterocycles. The molecule has 16 heavy (non-hydrogen) atoms. The maximum atomic E-state index is 9.21. The fourth-order valence-corrected chi connectivity index (χ4v) is 1.77. The molecule has 1 aliphatic heterocycles. The van der Waals surface area contributed by atoms with Crippen molar-refractivity contribution in [3.63, 3.8) is 0 Å². The van der Waals surface area contributed by atoms with Crippen LogP contribution in [0.15, 0.2) is 11.6 Å². The van der Waals surface area contributed by atoms with E-state index in [1.54, 1.807) is 0 Å². The minimum Gasteiger partial charge on any atom is -0.388 e. The van der Waals surface area contributed by atoms with Crippen LogP contribution in [0.2, 0.25) is 0 Å². The van der Waals surface area contributed by atoms with Crippen LogP contribution in [0.25, 0.3) is 0 Å². The fourth-order valence-electron chi connectivity index (χ4n) is 1.77. The molecule has 0 saturated carbocycles. The molecule has 0 bridgehead atoms. The van der Waals surface area contributed by atoms with Crippen LogP contribution in [0.1, 0.15) is 40.0 Å². The molecule has 0 aromatic rings. The largest absolute Gasteiger partial charge is 0.388 e. The molecular formula is C13H24O3. The van der Waals surface area contributed by atoms with Gasteiger partial charge < -0.3 is 14.6 Å². The summed E-state index contributed by atoms with van der Waals surface area (Å²) in [5.41, 5.74) is 1.38. The van der Waals surface area contributed by atoms with Gasteiger partial charge in [-0.05, 0) is 32.6 Å². The average molecular weight is 228 g/mol. The number of hydrogen-bond acceptors (Lipinski definition) is 3. The second kappa shape index (κ2) is 7.05. The molecule has 0 aromatic carbocycles. The predicted molar refractivity (Wildman–Crippen MR) is 64.1 cm³/mol. The van der Waals surface area contributed by atoms with Crippen molar-refractivity contribution in [1.82, 2.24) is 0 Å². The summed E-state index contributed by atoms with van der Waals surface area (Å²) in [6, 6.07) is 0. The van der Waals surface area contributed by atoms with Crippen LogP contribution in [0.3, 0.4) is 0 Å². The Bertz CT molecular complexity index is 213. The van der Waals surface area contributed by atoms with Crippen molar-refractivity contribution in [2.75, 3.05) is 13.2 Å². The summed E-state index contributed by atoms with van der Waals surface area (Å²) in [6.07, 6.45) is 4.91. The van der Waals surface area contributed by atoms with E-state index in [0.29, 0.717) is 19.1 Å². The first kappa shape index (κ1) is 13.7. The van der Waals surface area contributed by atoms with Crippen molar-refractivity contribution in [2.45, 2.75) is 52.4 Å². The smallest absolute Gasteiger partial charge is 0.158 e. The lowest BCUT2D eigenvalue weighted by molar-refractivity contribution is -0.222. The van der Waals surface area contributed by atoms with E-state index in [9.17, 15) is 5.11 Å². The molecule has 0 aromatic heterocycles. The predicted octanol–water partition coefficient (Wildman–Crippen LogP) is 2.49. The van der Waals surface area contributed by atoms with Crippen molar-refractivity contribution >= 4 is 0 Å². The van der Waals surface area contributed by atoms with E-state index < -0.39 is 6.10 Å². The van der Waals surface area contributed by atoms with Gasteiger partial charge in [0, 0.05) is 6.42 Å². The molecule has 0 aliphatic carbocycles. The highest BCUT2D eigenvalue weighted by Crippen LogP contribution is 2.19. The van der Waals surface area contributed by atoms with Crippen LogP contribution in [-0.2, 0) is 9.47 Å². The first-order valence-electron chi connectivity index (χ1n) is 6.12. The monoisotopic (exact) mass is 228 g/mol. The van der Waals surface area contributed by atoms with Gasteiger partial charge >= 0.3 is 0 Å². The molecule has 1 rings (SSSR count). The maximum absolute atomic E-state index is 9.21. The van der Waals surface area contributed by atoms with Gasteiger partial charge in [0.1, 0.15) is 6.10 Å². The standard InChI is InChI=1S/C13H24O3/c1-10(2)5-4-6-11(3)7-13-15-8-12(14)9-16-13/h5,11-14H,4,6-9H2,1-3H3. The number of allylic oxidation sites excluding steroid dienone is 2. The van der Waals surface area contributed by atoms with Crippen LogP contribution >= 0.6 is 0 Å². The van der Waals surface area contributed by atoms with E-state index >= 15 is 0 Å². The lowest BCUT2D eigenvalue weighted by atomic mass is 10.0. The summed E-state index contributed by atoms with van der Waals surface area (Å²) >= 11 is 0. The first-order valence-corrected chi connectivity index (χ1v) is 6.12. The van der Waals surface area contributed by atoms with E-state index in [-0.39, 0.29) is 6.29 Å². The second-order valence-corrected chi connectivity index (χ2v) is 4.95. The summed E-state index contributed by atoms with van der Waals surface area (Å²) in [4.78, 5) is 0. The van der Waals surface area contributed by atoms with Gasteiger partial charge in [-0.3, -0.25) is 0 Å². The second-order valence-electron chi connectivity index (χ2n) is 4.95. The Morgan fingerprint density at radius 2 is 2.00 bits per heavy atom. The topological polar surface area (TPSA) is 38.7 Å². The zero-order valence-corrected chi connectivity index (χ0v) is 10.6. The van der Waals surface area contributed by atoms with Crippen LogP contribution in [-0.4, -0.2) is 30.7 Å². The Labute approximate surface area is 98.4 Å². The van der Waals surface area contributed by atoms with Crippen LogP contribution < -0.4 is 0 Å². The van der Waals surface area contributed by atoms with Gasteiger partial charge in [-0.2, -0.15) is 0 Å². The summed E-state index contributed by atoms with van der Waals surface area (Å²) in [6.45, 7) is 7.28. The van der Waals surface area contributed by atoms with E-state index in [1.165, 1.54) is 5.57 Å². The van der Waals surface area contributed by atoms with Crippen LogP contribution in [0, 0.1) is 5.92 Å². The molecule has 1 N–H and O–H groups in total. The molecule has 1 fully saturated rings. The molecule has 1 atom stereocenters. The van der Waals surface area contributed by atoms with Crippen molar-refractivity contribution in [2.24, 2.45) is 5.92 Å². The van der Waals surface area contributed by atoms with E-state index in [4.69, 9.17) is 9.47 Å². The first-order chi connectivity index (χ1) is 7.58. The summed E-state index contributed by atoms with van der Waals surface area (Å²) in [7, 11) is 0. The van der Waals surface area contributed by atoms with Gasteiger partial charge in [-0.25, -0.2) is 0 Å². The van der Waals surface area contributed by atoms with E-state index in [0.717, 1.165) is 19.3 Å². The molecule has 0 spiro atoms. The van der Waals surface area contributed by atoms with Crippen molar-refractivity contribution < 1.29 is 14.6 Å². The normalized spacial score (nSPS) is 27.5. The Morgan fingerprint density at radius 1 is 1.38 bits per heavy atom. The Morgan fingerprint density at radius 3 is 2.56 bits per heavy atom. The molecule has 94 valence electrons. The SMILES string of the molecule is CC(C)=CCCC(C)CC1OCC(O)CO1. The Kier molecular flexibility index (Phi) is 6.03. The highest BCUT2D eigenvalue weighted by molar-refractivity contribution is 4.92. The third-order valence-electron chi connectivity index (χ3n) is 2.76. The highest BCUT2D eigenvalue weighted by atomic mass is 16.7. The number of hydrogen-bond donors (Lipinski definition) is 1. The summed E-state index contributed by atoms with van der Waals surface area (Å²) < 4.78 is 10.8. The van der Waals surface area contributed by atoms with Gasteiger partial charge in [0.25, 0.3) is 0 Å². The average Bonchev–Trinajstić information content (AvgIpc) is 2.21. The van der Waals surface area contributed by atoms with Gasteiger partial charge in [0.15, 0.2) is 6.29 Å². The lowest BCUT2D eigenvalue weighted by Gasteiger charge is -2.28.